The normalized spacial score (nSPS) is 13.6. The second-order valence-electron chi connectivity index (χ2n) is 4.74. The third-order valence-electron chi connectivity index (χ3n) is 3.05. The number of nitrogen functional groups attached to an aromatic ring is 1. The van der Waals surface area contributed by atoms with E-state index in [0.717, 1.165) is 18.4 Å². The van der Waals surface area contributed by atoms with Crippen molar-refractivity contribution in [2.75, 3.05) is 5.73 Å². The lowest BCUT2D eigenvalue weighted by Crippen LogP contribution is -2.33. The molecule has 4 nitrogen and oxygen atoms in total. The second-order valence-corrected chi connectivity index (χ2v) is 6.39. The van der Waals surface area contributed by atoms with Crippen LogP contribution in [0.15, 0.2) is 17.0 Å². The van der Waals surface area contributed by atoms with Gasteiger partial charge in [0.2, 0.25) is 10.0 Å². The molecule has 0 aromatic heterocycles. The van der Waals surface area contributed by atoms with Crippen LogP contribution in [-0.2, 0) is 10.0 Å². The van der Waals surface area contributed by atoms with Crippen LogP contribution < -0.4 is 10.5 Å². The minimum atomic E-state index is -3.54. The van der Waals surface area contributed by atoms with Gasteiger partial charge < -0.3 is 5.73 Å². The molecular weight excluding hydrogens is 248 g/mol. The van der Waals surface area contributed by atoms with E-state index in [1.54, 1.807) is 13.0 Å². The van der Waals surface area contributed by atoms with Crippen LogP contribution in [0.25, 0.3) is 0 Å². The predicted octanol–water partition coefficient (Wildman–Crippen LogP) is 2.35. The number of nitrogens with two attached hydrogens (primary N) is 1. The molecule has 1 rings (SSSR count). The lowest BCUT2D eigenvalue weighted by Gasteiger charge is -2.17. The van der Waals surface area contributed by atoms with Crippen molar-refractivity contribution < 1.29 is 8.42 Å². The van der Waals surface area contributed by atoms with E-state index in [-0.39, 0.29) is 10.9 Å². The van der Waals surface area contributed by atoms with Crippen molar-refractivity contribution in [2.24, 2.45) is 0 Å². The average Bonchev–Trinajstić information content (AvgIpc) is 2.23. The Morgan fingerprint density at radius 3 is 2.50 bits per heavy atom. The summed E-state index contributed by atoms with van der Waals surface area (Å²) in [5.74, 6) is 0. The highest BCUT2D eigenvalue weighted by atomic mass is 32.2. The highest BCUT2D eigenvalue weighted by Gasteiger charge is 2.22. The van der Waals surface area contributed by atoms with Gasteiger partial charge in [-0.1, -0.05) is 19.4 Å². The number of benzene rings is 1. The maximum atomic E-state index is 12.3. The van der Waals surface area contributed by atoms with E-state index in [1.165, 1.54) is 0 Å². The first kappa shape index (κ1) is 15.0. The van der Waals surface area contributed by atoms with Gasteiger partial charge in [0.25, 0.3) is 0 Å². The molecule has 3 N–H and O–H groups in total. The van der Waals surface area contributed by atoms with Gasteiger partial charge in [0, 0.05) is 6.04 Å². The molecule has 1 atom stereocenters. The number of hydrogen-bond donors (Lipinski definition) is 2. The Morgan fingerprint density at radius 1 is 1.33 bits per heavy atom. The average molecular weight is 270 g/mol. The van der Waals surface area contributed by atoms with Crippen molar-refractivity contribution in [3.63, 3.8) is 0 Å². The van der Waals surface area contributed by atoms with Gasteiger partial charge in [0.1, 0.15) is 4.90 Å². The van der Waals surface area contributed by atoms with Gasteiger partial charge in [0.05, 0.1) is 5.69 Å². The van der Waals surface area contributed by atoms with Crippen LogP contribution in [-0.4, -0.2) is 14.5 Å². The minimum Gasteiger partial charge on any atom is -0.398 e. The molecule has 0 bridgehead atoms. The third-order valence-corrected chi connectivity index (χ3v) is 4.85. The molecule has 1 aromatic rings. The minimum absolute atomic E-state index is 0.0840. The van der Waals surface area contributed by atoms with Crippen LogP contribution in [0.5, 0.6) is 0 Å². The van der Waals surface area contributed by atoms with Crippen molar-refractivity contribution in [3.8, 4) is 0 Å². The topological polar surface area (TPSA) is 72.2 Å². The zero-order valence-electron chi connectivity index (χ0n) is 11.4. The summed E-state index contributed by atoms with van der Waals surface area (Å²) in [5.41, 5.74) is 7.75. The first-order valence-corrected chi connectivity index (χ1v) is 7.66. The molecular formula is C13H22N2O2S. The quantitative estimate of drug-likeness (QED) is 0.807. The summed E-state index contributed by atoms with van der Waals surface area (Å²) in [4.78, 5) is 0.213. The molecule has 0 aliphatic heterocycles. The first-order valence-electron chi connectivity index (χ1n) is 6.17. The van der Waals surface area contributed by atoms with Crippen molar-refractivity contribution in [3.05, 3.63) is 23.3 Å². The van der Waals surface area contributed by atoms with Crippen LogP contribution in [0.3, 0.4) is 0 Å². The largest absolute Gasteiger partial charge is 0.398 e. The van der Waals surface area contributed by atoms with E-state index in [1.807, 2.05) is 26.8 Å². The molecule has 1 aromatic carbocycles. The molecule has 0 saturated carbocycles. The Morgan fingerprint density at radius 2 is 1.94 bits per heavy atom. The molecule has 0 aliphatic rings. The zero-order valence-corrected chi connectivity index (χ0v) is 12.3. The van der Waals surface area contributed by atoms with Gasteiger partial charge in [-0.25, -0.2) is 13.1 Å². The Bertz CT molecular complexity index is 524. The molecule has 18 heavy (non-hydrogen) atoms. The summed E-state index contributed by atoms with van der Waals surface area (Å²) in [5, 5.41) is 0. The zero-order chi connectivity index (χ0) is 13.9. The smallest absolute Gasteiger partial charge is 0.243 e. The van der Waals surface area contributed by atoms with Crippen LogP contribution in [0.1, 0.15) is 37.8 Å². The molecule has 0 saturated heterocycles. The summed E-state index contributed by atoms with van der Waals surface area (Å²) < 4.78 is 27.3. The van der Waals surface area contributed by atoms with Crippen LogP contribution in [0.4, 0.5) is 5.69 Å². The van der Waals surface area contributed by atoms with E-state index in [9.17, 15) is 8.42 Å². The molecule has 1 unspecified atom stereocenters. The number of aryl methyl sites for hydroxylation is 1. The van der Waals surface area contributed by atoms with Crippen molar-refractivity contribution in [1.29, 1.82) is 0 Å². The summed E-state index contributed by atoms with van der Waals surface area (Å²) in [6.45, 7) is 7.55. The maximum absolute atomic E-state index is 12.3. The van der Waals surface area contributed by atoms with E-state index in [2.05, 4.69) is 4.72 Å². The lowest BCUT2D eigenvalue weighted by molar-refractivity contribution is 0.543. The number of anilines is 1. The number of sulfonamides is 1. The molecule has 0 amide bonds. The number of nitrogens with one attached hydrogen (secondary N) is 1. The van der Waals surface area contributed by atoms with E-state index < -0.39 is 10.0 Å². The van der Waals surface area contributed by atoms with Gasteiger partial charge in [-0.3, -0.25) is 0 Å². The Hall–Kier alpha value is -1.07. The third kappa shape index (κ3) is 3.23. The first-order chi connectivity index (χ1) is 8.29. The summed E-state index contributed by atoms with van der Waals surface area (Å²) in [7, 11) is -3.54. The molecule has 0 spiro atoms. The molecule has 5 heteroatoms. The number of hydrogen-bond acceptors (Lipinski definition) is 3. The molecule has 102 valence electrons. The SMILES string of the molecule is CCCC(C)NS(=O)(=O)c1c(N)ccc(C)c1C. The van der Waals surface area contributed by atoms with Crippen molar-refractivity contribution >= 4 is 15.7 Å². The Labute approximate surface area is 110 Å². The van der Waals surface area contributed by atoms with E-state index >= 15 is 0 Å². The summed E-state index contributed by atoms with van der Waals surface area (Å²) in [6.07, 6.45) is 1.75. The van der Waals surface area contributed by atoms with Crippen molar-refractivity contribution in [2.45, 2.75) is 51.5 Å². The number of rotatable bonds is 5. The summed E-state index contributed by atoms with van der Waals surface area (Å²) in [6, 6.07) is 3.39. The van der Waals surface area contributed by atoms with Gasteiger partial charge in [-0.2, -0.15) is 0 Å². The van der Waals surface area contributed by atoms with Gasteiger partial charge in [-0.15, -0.1) is 0 Å². The molecule has 0 heterocycles. The Balaban J connectivity index is 3.17. The maximum Gasteiger partial charge on any atom is 0.243 e. The van der Waals surface area contributed by atoms with Crippen LogP contribution in [0, 0.1) is 13.8 Å². The van der Waals surface area contributed by atoms with E-state index in [4.69, 9.17) is 5.73 Å². The van der Waals surface area contributed by atoms with E-state index in [0.29, 0.717) is 11.3 Å². The fraction of sp³-hybridized carbons (Fsp3) is 0.538. The summed E-state index contributed by atoms with van der Waals surface area (Å²) >= 11 is 0. The lowest BCUT2D eigenvalue weighted by atomic mass is 10.1. The van der Waals surface area contributed by atoms with Crippen LogP contribution in [0.2, 0.25) is 0 Å². The molecule has 0 fully saturated rings. The molecule has 0 radical (unpaired) electrons. The second kappa shape index (κ2) is 5.71. The highest BCUT2D eigenvalue weighted by molar-refractivity contribution is 7.89. The molecule has 0 aliphatic carbocycles. The van der Waals surface area contributed by atoms with Gasteiger partial charge >= 0.3 is 0 Å². The highest BCUT2D eigenvalue weighted by Crippen LogP contribution is 2.25. The monoisotopic (exact) mass is 270 g/mol. The fourth-order valence-corrected chi connectivity index (χ4v) is 3.69. The van der Waals surface area contributed by atoms with Crippen LogP contribution >= 0.6 is 0 Å². The Kier molecular flexibility index (Phi) is 4.76. The van der Waals surface area contributed by atoms with Gasteiger partial charge in [0.15, 0.2) is 0 Å². The fourth-order valence-electron chi connectivity index (χ4n) is 1.98. The predicted molar refractivity (Wildman–Crippen MR) is 75.0 cm³/mol. The van der Waals surface area contributed by atoms with Gasteiger partial charge in [-0.05, 0) is 44.4 Å². The standard InChI is InChI=1S/C13H22N2O2S/c1-5-6-10(3)15-18(16,17)13-11(4)9(2)7-8-12(13)14/h7-8,10,15H,5-6,14H2,1-4H3. The van der Waals surface area contributed by atoms with Crippen molar-refractivity contribution in [1.82, 2.24) is 4.72 Å².